The van der Waals surface area contributed by atoms with Gasteiger partial charge in [0.15, 0.2) is 5.84 Å². The highest BCUT2D eigenvalue weighted by molar-refractivity contribution is 6.01. The second-order valence-corrected chi connectivity index (χ2v) is 4.44. The van der Waals surface area contributed by atoms with Gasteiger partial charge in [0.05, 0.1) is 5.92 Å². The minimum absolute atomic E-state index is 0.0318. The molecule has 1 fully saturated rings. The quantitative estimate of drug-likeness (QED) is 0.308. The summed E-state index contributed by atoms with van der Waals surface area (Å²) in [7, 11) is 1.76. The highest BCUT2D eigenvalue weighted by atomic mass is 16.4. The average molecular weight is 213 g/mol. The molecule has 0 aromatic rings. The Hall–Kier alpha value is -1.26. The molecule has 0 aromatic heterocycles. The van der Waals surface area contributed by atoms with E-state index >= 15 is 0 Å². The van der Waals surface area contributed by atoms with Gasteiger partial charge in [-0.3, -0.25) is 4.79 Å². The first-order valence-corrected chi connectivity index (χ1v) is 5.19. The molecule has 3 atom stereocenters. The summed E-state index contributed by atoms with van der Waals surface area (Å²) in [5, 5.41) is 11.3. The molecule has 5 nitrogen and oxygen atoms in total. The normalized spacial score (nSPS) is 27.3. The van der Waals surface area contributed by atoms with Gasteiger partial charge in [-0.05, 0) is 25.2 Å². The number of nitrogens with two attached hydrogens (primary N) is 1. The number of amides is 1. The Morgan fingerprint density at radius 1 is 1.73 bits per heavy atom. The Morgan fingerprint density at radius 3 is 2.67 bits per heavy atom. The van der Waals surface area contributed by atoms with E-state index in [1.165, 1.54) is 6.42 Å². The molecule has 0 spiro atoms. The molecule has 3 N–H and O–H groups in total. The van der Waals surface area contributed by atoms with Crippen molar-refractivity contribution in [3.8, 4) is 0 Å². The lowest BCUT2D eigenvalue weighted by atomic mass is 10.1. The molecule has 0 aromatic carbocycles. The summed E-state index contributed by atoms with van der Waals surface area (Å²) in [6, 6.07) is 0. The van der Waals surface area contributed by atoms with E-state index in [0.717, 1.165) is 12.5 Å². The van der Waals surface area contributed by atoms with Gasteiger partial charge in [0.2, 0.25) is 5.91 Å². The molecule has 3 unspecified atom stereocenters. The Balaban J connectivity index is 2.45. The third kappa shape index (κ3) is 2.84. The predicted molar refractivity (Wildman–Crippen MR) is 57.5 cm³/mol. The Kier molecular flexibility index (Phi) is 3.55. The van der Waals surface area contributed by atoms with Crippen molar-refractivity contribution in [2.75, 3.05) is 13.6 Å². The molecule has 5 heteroatoms. The number of carbonyl (C=O) groups excluding carboxylic acids is 1. The first-order valence-electron chi connectivity index (χ1n) is 5.19. The fourth-order valence-corrected chi connectivity index (χ4v) is 1.64. The smallest absolute Gasteiger partial charge is 0.232 e. The van der Waals surface area contributed by atoms with Crippen molar-refractivity contribution >= 4 is 11.7 Å². The molecule has 1 aliphatic carbocycles. The molecule has 1 aliphatic rings. The van der Waals surface area contributed by atoms with Crippen LogP contribution < -0.4 is 5.73 Å². The van der Waals surface area contributed by atoms with Crippen LogP contribution in [-0.2, 0) is 4.79 Å². The van der Waals surface area contributed by atoms with Crippen LogP contribution in [0.3, 0.4) is 0 Å². The second-order valence-electron chi connectivity index (χ2n) is 4.44. The molecule has 0 aliphatic heterocycles. The van der Waals surface area contributed by atoms with E-state index in [-0.39, 0.29) is 11.7 Å². The molecule has 86 valence electrons. The number of amidine groups is 1. The van der Waals surface area contributed by atoms with Crippen LogP contribution in [0.1, 0.15) is 20.3 Å². The monoisotopic (exact) mass is 213 g/mol. The zero-order valence-corrected chi connectivity index (χ0v) is 9.47. The van der Waals surface area contributed by atoms with E-state index in [1.807, 2.05) is 0 Å². The van der Waals surface area contributed by atoms with Crippen LogP contribution in [0.15, 0.2) is 5.16 Å². The summed E-state index contributed by atoms with van der Waals surface area (Å²) in [6.45, 7) is 4.59. The molecule has 0 bridgehead atoms. The standard InChI is InChI=1S/C10H19N3O2/c1-6-4-8(6)5-13(3)10(14)7(2)9(11)12-15/h6-8,15H,4-5H2,1-3H3,(H2,11,12). The van der Waals surface area contributed by atoms with Crippen LogP contribution in [0.5, 0.6) is 0 Å². The number of nitrogens with zero attached hydrogens (tertiary/aromatic N) is 2. The Morgan fingerprint density at radius 2 is 2.27 bits per heavy atom. The molecule has 0 saturated heterocycles. The van der Waals surface area contributed by atoms with E-state index in [1.54, 1.807) is 18.9 Å². The summed E-state index contributed by atoms with van der Waals surface area (Å²) in [6.07, 6.45) is 1.19. The first-order chi connectivity index (χ1) is 6.97. The molecule has 0 radical (unpaired) electrons. The molecular weight excluding hydrogens is 194 g/mol. The lowest BCUT2D eigenvalue weighted by Gasteiger charge is -2.20. The van der Waals surface area contributed by atoms with Gasteiger partial charge in [0, 0.05) is 13.6 Å². The molecular formula is C10H19N3O2. The topological polar surface area (TPSA) is 78.9 Å². The van der Waals surface area contributed by atoms with Gasteiger partial charge in [-0.15, -0.1) is 0 Å². The predicted octanol–water partition coefficient (Wildman–Crippen LogP) is 0.483. The van der Waals surface area contributed by atoms with Crippen LogP contribution in [0, 0.1) is 17.8 Å². The summed E-state index contributed by atoms with van der Waals surface area (Å²) in [5.74, 6) is 0.673. The van der Waals surface area contributed by atoms with Crippen LogP contribution >= 0.6 is 0 Å². The summed E-state index contributed by atoms with van der Waals surface area (Å²) in [4.78, 5) is 13.4. The minimum atomic E-state index is -0.547. The van der Waals surface area contributed by atoms with Crippen molar-refractivity contribution in [1.82, 2.24) is 4.90 Å². The zero-order chi connectivity index (χ0) is 11.6. The summed E-state index contributed by atoms with van der Waals surface area (Å²) >= 11 is 0. The average Bonchev–Trinajstić information content (AvgIpc) is 2.90. The van der Waals surface area contributed by atoms with Crippen molar-refractivity contribution in [2.45, 2.75) is 20.3 Å². The Labute approximate surface area is 89.9 Å². The summed E-state index contributed by atoms with van der Waals surface area (Å²) in [5.41, 5.74) is 5.38. The second kappa shape index (κ2) is 4.51. The van der Waals surface area contributed by atoms with Crippen molar-refractivity contribution < 1.29 is 10.0 Å². The van der Waals surface area contributed by atoms with E-state index in [2.05, 4.69) is 12.1 Å². The van der Waals surface area contributed by atoms with E-state index in [0.29, 0.717) is 5.92 Å². The van der Waals surface area contributed by atoms with Crippen molar-refractivity contribution in [1.29, 1.82) is 0 Å². The molecule has 1 rings (SSSR count). The maximum atomic E-state index is 11.8. The van der Waals surface area contributed by atoms with Gasteiger partial charge in [0.25, 0.3) is 0 Å². The van der Waals surface area contributed by atoms with Gasteiger partial charge >= 0.3 is 0 Å². The highest BCUT2D eigenvalue weighted by Crippen LogP contribution is 2.38. The van der Waals surface area contributed by atoms with E-state index in [9.17, 15) is 4.79 Å². The first kappa shape index (κ1) is 11.8. The molecule has 1 saturated carbocycles. The number of oxime groups is 1. The molecule has 1 amide bonds. The number of hydrogen-bond acceptors (Lipinski definition) is 3. The van der Waals surface area contributed by atoms with Gasteiger partial charge in [-0.25, -0.2) is 0 Å². The molecule has 15 heavy (non-hydrogen) atoms. The number of carbonyl (C=O) groups is 1. The van der Waals surface area contributed by atoms with Crippen molar-refractivity contribution in [2.24, 2.45) is 28.6 Å². The van der Waals surface area contributed by atoms with Gasteiger partial charge in [-0.2, -0.15) is 0 Å². The van der Waals surface area contributed by atoms with Gasteiger partial charge < -0.3 is 15.8 Å². The Bertz CT molecular complexity index is 278. The van der Waals surface area contributed by atoms with Crippen LogP contribution in [-0.4, -0.2) is 35.4 Å². The lowest BCUT2D eigenvalue weighted by molar-refractivity contribution is -0.131. The number of rotatable bonds is 4. The fourth-order valence-electron chi connectivity index (χ4n) is 1.64. The lowest BCUT2D eigenvalue weighted by Crippen LogP contribution is -2.39. The van der Waals surface area contributed by atoms with Gasteiger partial charge in [-0.1, -0.05) is 12.1 Å². The maximum absolute atomic E-state index is 11.8. The van der Waals surface area contributed by atoms with Crippen LogP contribution in [0.25, 0.3) is 0 Å². The van der Waals surface area contributed by atoms with Crippen molar-refractivity contribution in [3.05, 3.63) is 0 Å². The van der Waals surface area contributed by atoms with Crippen molar-refractivity contribution in [3.63, 3.8) is 0 Å². The zero-order valence-electron chi connectivity index (χ0n) is 9.47. The van der Waals surface area contributed by atoms with E-state index in [4.69, 9.17) is 10.9 Å². The van der Waals surface area contributed by atoms with Gasteiger partial charge in [0.1, 0.15) is 0 Å². The molecule has 0 heterocycles. The minimum Gasteiger partial charge on any atom is -0.409 e. The van der Waals surface area contributed by atoms with E-state index < -0.39 is 5.92 Å². The van der Waals surface area contributed by atoms with Crippen LogP contribution in [0.2, 0.25) is 0 Å². The highest BCUT2D eigenvalue weighted by Gasteiger charge is 2.35. The fraction of sp³-hybridized carbons (Fsp3) is 0.800. The third-order valence-electron chi connectivity index (χ3n) is 3.09. The summed E-state index contributed by atoms with van der Waals surface area (Å²) < 4.78 is 0. The number of hydrogen-bond donors (Lipinski definition) is 2. The van der Waals surface area contributed by atoms with Crippen LogP contribution in [0.4, 0.5) is 0 Å². The largest absolute Gasteiger partial charge is 0.409 e. The SMILES string of the molecule is CC(C(=O)N(C)CC1CC1C)C(N)=NO. The third-order valence-corrected chi connectivity index (χ3v) is 3.09. The maximum Gasteiger partial charge on any atom is 0.232 e.